The van der Waals surface area contributed by atoms with Gasteiger partial charge >= 0.3 is 0 Å². The predicted molar refractivity (Wildman–Crippen MR) is 199 cm³/mol. The van der Waals surface area contributed by atoms with Gasteiger partial charge in [-0.3, -0.25) is 0 Å². The van der Waals surface area contributed by atoms with Crippen molar-refractivity contribution in [2.24, 2.45) is 0 Å². The van der Waals surface area contributed by atoms with E-state index in [4.69, 9.17) is 0 Å². The Hall–Kier alpha value is -2.26. The Morgan fingerprint density at radius 1 is 0.455 bits per heavy atom. The van der Waals surface area contributed by atoms with Crippen molar-refractivity contribution < 1.29 is 0 Å². The maximum atomic E-state index is 2.71. The van der Waals surface area contributed by atoms with Crippen molar-refractivity contribution in [1.29, 1.82) is 0 Å². The smallest absolute Gasteiger partial charge is 0.00590 e. The van der Waals surface area contributed by atoms with Gasteiger partial charge < -0.3 is 0 Å². The molecule has 4 aromatic rings. The topological polar surface area (TPSA) is 0 Å². The van der Waals surface area contributed by atoms with E-state index < -0.39 is 7.92 Å². The summed E-state index contributed by atoms with van der Waals surface area (Å²) in [4.78, 5) is 0. The second-order valence-corrected chi connectivity index (χ2v) is 18.6. The first-order chi connectivity index (χ1) is 21.4. The highest BCUT2D eigenvalue weighted by Crippen LogP contribution is 2.57. The Kier molecular flexibility index (Phi) is 10.1. The van der Waals surface area contributed by atoms with E-state index >= 15 is 0 Å². The van der Waals surface area contributed by atoms with Gasteiger partial charge in [-0.2, -0.15) is 0 Å². The monoisotopic (exact) mass is 618 g/mol. The minimum atomic E-state index is -0.718. The molecule has 2 fully saturated rings. The maximum absolute atomic E-state index is 2.71. The molecule has 0 nitrogen and oxygen atoms in total. The van der Waals surface area contributed by atoms with Crippen molar-refractivity contribution in [3.8, 4) is 11.1 Å². The first-order valence-electron chi connectivity index (χ1n) is 17.3. The molecule has 0 atom stereocenters. The molecule has 4 aromatic carbocycles. The molecule has 0 radical (unpaired) electrons. The van der Waals surface area contributed by atoms with E-state index in [1.54, 1.807) is 21.7 Å². The molecule has 230 valence electrons. The van der Waals surface area contributed by atoms with E-state index in [-0.39, 0.29) is 7.92 Å². The van der Waals surface area contributed by atoms with Gasteiger partial charge in [-0.05, 0) is 152 Å². The molecule has 0 unspecified atom stereocenters. The minimum Gasteiger partial charge on any atom is -0.0683 e. The maximum Gasteiger partial charge on any atom is -0.00590 e. The van der Waals surface area contributed by atoms with Gasteiger partial charge in [-0.25, -0.2) is 0 Å². The van der Waals surface area contributed by atoms with E-state index in [0.29, 0.717) is 0 Å². The summed E-state index contributed by atoms with van der Waals surface area (Å²) in [6, 6.07) is 28.1. The van der Waals surface area contributed by atoms with Crippen molar-refractivity contribution in [3.63, 3.8) is 0 Å². The quantitative estimate of drug-likeness (QED) is 0.181. The standard InChI is InChI=1S/C42H52P2/c1-29-27-39(43(35-19-11-7-12-20-35)36-21-13-8-14-22-36)41(33(5)31(29)3)42-34(6)32(4)30(2)28-40(42)44(37-23-15-9-16-24-37)38-25-17-10-18-26-38/h7-8,11-14,19-22,27-28,37-38H,9-10,15-18,23-26H2,1-6H3. The van der Waals surface area contributed by atoms with Crippen LogP contribution < -0.4 is 21.2 Å². The summed E-state index contributed by atoms with van der Waals surface area (Å²) >= 11 is 0. The van der Waals surface area contributed by atoms with Crippen LogP contribution in [0.3, 0.4) is 0 Å². The molecule has 0 saturated heterocycles. The van der Waals surface area contributed by atoms with E-state index in [1.165, 1.54) is 108 Å². The second kappa shape index (κ2) is 14.0. The zero-order chi connectivity index (χ0) is 30.8. The Morgan fingerprint density at radius 2 is 0.841 bits per heavy atom. The van der Waals surface area contributed by atoms with Gasteiger partial charge in [-0.15, -0.1) is 0 Å². The van der Waals surface area contributed by atoms with Crippen molar-refractivity contribution in [2.45, 2.75) is 117 Å². The van der Waals surface area contributed by atoms with Crippen LogP contribution in [0.1, 0.15) is 97.6 Å². The molecule has 0 spiro atoms. The highest BCUT2D eigenvalue weighted by molar-refractivity contribution is 7.80. The van der Waals surface area contributed by atoms with E-state index in [0.717, 1.165) is 11.3 Å². The normalized spacial score (nSPS) is 16.6. The summed E-state index contributed by atoms with van der Waals surface area (Å²) in [5.74, 6) is 0. The molecule has 2 aliphatic carbocycles. The summed E-state index contributed by atoms with van der Waals surface area (Å²) < 4.78 is 0. The fraction of sp³-hybridized carbons (Fsp3) is 0.429. The van der Waals surface area contributed by atoms with Gasteiger partial charge in [0, 0.05) is 0 Å². The van der Waals surface area contributed by atoms with Crippen molar-refractivity contribution in [2.75, 3.05) is 0 Å². The Morgan fingerprint density at radius 3 is 1.27 bits per heavy atom. The lowest BCUT2D eigenvalue weighted by molar-refractivity contribution is 0.487. The first kappa shape index (κ1) is 31.7. The van der Waals surface area contributed by atoms with Crippen molar-refractivity contribution in [1.82, 2.24) is 0 Å². The van der Waals surface area contributed by atoms with E-state index in [9.17, 15) is 0 Å². The van der Waals surface area contributed by atoms with E-state index in [1.807, 2.05) is 0 Å². The molecule has 2 saturated carbocycles. The molecular formula is C42H52P2. The van der Waals surface area contributed by atoms with Gasteiger partial charge in [-0.1, -0.05) is 119 Å². The largest absolute Gasteiger partial charge is 0.0683 e. The molecule has 0 heterocycles. The first-order valence-corrected chi connectivity index (χ1v) is 20.1. The molecule has 0 aromatic heterocycles. The predicted octanol–water partition coefficient (Wildman–Crippen LogP) is 10.7. The summed E-state index contributed by atoms with van der Waals surface area (Å²) in [6.07, 6.45) is 14.3. The third kappa shape index (κ3) is 6.24. The summed E-state index contributed by atoms with van der Waals surface area (Å²) in [7, 11) is -0.962. The highest BCUT2D eigenvalue weighted by Gasteiger charge is 2.36. The fourth-order valence-corrected chi connectivity index (χ4v) is 14.9. The fourth-order valence-electron chi connectivity index (χ4n) is 8.12. The SMILES string of the molecule is Cc1cc(P(c2ccccc2)c2ccccc2)c(-c2c(P(C3CCCCC3)C3CCCCC3)cc(C)c(C)c2C)c(C)c1C. The van der Waals surface area contributed by atoms with Crippen LogP contribution in [0.25, 0.3) is 11.1 Å². The van der Waals surface area contributed by atoms with Crippen LogP contribution in [0.15, 0.2) is 72.8 Å². The molecule has 44 heavy (non-hydrogen) atoms. The van der Waals surface area contributed by atoms with Crippen LogP contribution in [0.4, 0.5) is 0 Å². The Labute approximate surface area is 270 Å². The van der Waals surface area contributed by atoms with Crippen LogP contribution in [0.5, 0.6) is 0 Å². The average molecular weight is 619 g/mol. The summed E-state index contributed by atoms with van der Waals surface area (Å²) in [6.45, 7) is 14.4. The Bertz CT molecular complexity index is 1520. The van der Waals surface area contributed by atoms with Crippen LogP contribution >= 0.6 is 15.8 Å². The number of hydrogen-bond donors (Lipinski definition) is 0. The van der Waals surface area contributed by atoms with Crippen LogP contribution in [-0.4, -0.2) is 11.3 Å². The molecule has 2 aliphatic rings. The highest BCUT2D eigenvalue weighted by atomic mass is 31.1. The van der Waals surface area contributed by atoms with Crippen LogP contribution in [-0.2, 0) is 0 Å². The van der Waals surface area contributed by atoms with Crippen molar-refractivity contribution >= 4 is 37.1 Å². The van der Waals surface area contributed by atoms with Gasteiger partial charge in [0.25, 0.3) is 0 Å². The van der Waals surface area contributed by atoms with Crippen LogP contribution in [0.2, 0.25) is 0 Å². The zero-order valence-corrected chi connectivity index (χ0v) is 29.8. The summed E-state index contributed by atoms with van der Waals surface area (Å²) in [5, 5.41) is 6.20. The molecule has 0 aliphatic heterocycles. The lowest BCUT2D eigenvalue weighted by Gasteiger charge is -2.41. The Balaban J connectivity index is 1.67. The van der Waals surface area contributed by atoms with Gasteiger partial charge in [0.1, 0.15) is 0 Å². The zero-order valence-electron chi connectivity index (χ0n) is 28.0. The lowest BCUT2D eigenvalue weighted by atomic mass is 9.88. The van der Waals surface area contributed by atoms with Crippen LogP contribution in [0, 0.1) is 41.5 Å². The van der Waals surface area contributed by atoms with Crippen molar-refractivity contribution in [3.05, 3.63) is 106 Å². The third-order valence-electron chi connectivity index (χ3n) is 11.0. The minimum absolute atomic E-state index is 0.244. The van der Waals surface area contributed by atoms with E-state index in [2.05, 4.69) is 114 Å². The summed E-state index contributed by atoms with van der Waals surface area (Å²) in [5.41, 5.74) is 13.8. The lowest BCUT2D eigenvalue weighted by Crippen LogP contribution is -2.30. The molecular weight excluding hydrogens is 566 g/mol. The molecule has 2 heteroatoms. The number of hydrogen-bond acceptors (Lipinski definition) is 0. The molecule has 0 amide bonds. The number of rotatable bonds is 7. The van der Waals surface area contributed by atoms with Gasteiger partial charge in [0.15, 0.2) is 0 Å². The average Bonchev–Trinajstić information content (AvgIpc) is 3.06. The van der Waals surface area contributed by atoms with Gasteiger partial charge in [0.2, 0.25) is 0 Å². The molecule has 0 bridgehead atoms. The number of aryl methyl sites for hydroxylation is 2. The second-order valence-electron chi connectivity index (χ2n) is 13.7. The third-order valence-corrected chi connectivity index (χ3v) is 17.0. The number of benzene rings is 4. The molecule has 0 N–H and O–H groups in total. The van der Waals surface area contributed by atoms with Gasteiger partial charge in [0.05, 0.1) is 0 Å². The molecule has 6 rings (SSSR count).